The van der Waals surface area contributed by atoms with Gasteiger partial charge < -0.3 is 49.7 Å². The number of methoxy groups -OCH3 is 1. The Morgan fingerprint density at radius 1 is 0.958 bits per heavy atom. The maximum absolute atomic E-state index is 13.6. The monoisotopic (exact) mass is 665 g/mol. The van der Waals surface area contributed by atoms with Crippen molar-refractivity contribution in [1.82, 2.24) is 25.6 Å². The number of amides is 1. The standard InChI is InChI=1S/C33H43N7O8/c1-3-46-33-39-31-35-20-22-6-9-25(10-7-22)47-17-15-44-13-14-45-16-18-48-27-19-24(36-32(38-31)40-33)8-11-26(27)29(41)37-28(30(42)43-2)23-5-4-12-34-21-23/h6-11,19,23,28,34H,3-5,12-18,20-21H2,1-2H3,(H,37,41)(H2,35,36,38,39,40). The average molecular weight is 666 g/mol. The molecule has 0 spiro atoms. The molecule has 48 heavy (non-hydrogen) atoms. The van der Waals surface area contributed by atoms with Crippen LogP contribution in [-0.2, 0) is 25.5 Å². The number of carbonyl (C=O) groups is 2. The van der Waals surface area contributed by atoms with Crippen LogP contribution in [0.25, 0.3) is 0 Å². The third kappa shape index (κ3) is 10.1. The molecule has 4 heterocycles. The van der Waals surface area contributed by atoms with Crippen LogP contribution in [-0.4, -0.2) is 99.3 Å². The number of fused-ring (bicyclic) bond motifs is 12. The van der Waals surface area contributed by atoms with Crippen molar-refractivity contribution in [2.75, 3.05) is 77.1 Å². The molecule has 0 aliphatic carbocycles. The van der Waals surface area contributed by atoms with Gasteiger partial charge in [0.2, 0.25) is 11.9 Å². The van der Waals surface area contributed by atoms with E-state index in [0.29, 0.717) is 57.8 Å². The quantitative estimate of drug-likeness (QED) is 0.223. The van der Waals surface area contributed by atoms with E-state index in [1.807, 2.05) is 31.2 Å². The smallest absolute Gasteiger partial charge is 0.328 e. The van der Waals surface area contributed by atoms with Gasteiger partial charge in [-0.2, -0.15) is 15.0 Å². The Balaban J connectivity index is 1.39. The van der Waals surface area contributed by atoms with Crippen molar-refractivity contribution in [2.24, 2.45) is 5.92 Å². The molecule has 6 bridgehead atoms. The summed E-state index contributed by atoms with van der Waals surface area (Å²) in [6.45, 7) is 6.09. The van der Waals surface area contributed by atoms with Gasteiger partial charge in [0, 0.05) is 30.8 Å². The number of benzene rings is 2. The molecule has 6 rings (SSSR count). The summed E-state index contributed by atoms with van der Waals surface area (Å²) in [6, 6.07) is 12.0. The Hall–Kier alpha value is -4.73. The second-order valence-electron chi connectivity index (χ2n) is 11.0. The summed E-state index contributed by atoms with van der Waals surface area (Å²) in [4.78, 5) is 39.7. The Morgan fingerprint density at radius 2 is 1.71 bits per heavy atom. The van der Waals surface area contributed by atoms with Crippen molar-refractivity contribution in [3.8, 4) is 17.5 Å². The highest BCUT2D eigenvalue weighted by Gasteiger charge is 2.32. The first-order valence-corrected chi connectivity index (χ1v) is 16.2. The first-order valence-electron chi connectivity index (χ1n) is 16.2. The molecule has 15 heteroatoms. The second kappa shape index (κ2) is 18.0. The lowest BCUT2D eigenvalue weighted by atomic mass is 9.91. The van der Waals surface area contributed by atoms with Crippen LogP contribution < -0.4 is 35.5 Å². The Labute approximate surface area is 279 Å². The van der Waals surface area contributed by atoms with Gasteiger partial charge in [-0.25, -0.2) is 4.79 Å². The molecule has 1 fully saturated rings. The minimum Gasteiger partial charge on any atom is -0.491 e. The number of anilines is 3. The number of piperidine rings is 1. The molecule has 0 saturated carbocycles. The van der Waals surface area contributed by atoms with Crippen molar-refractivity contribution in [2.45, 2.75) is 32.4 Å². The maximum atomic E-state index is 13.6. The molecule has 3 aliphatic rings. The number of rotatable bonds is 6. The Bertz CT molecular complexity index is 1490. The molecular weight excluding hydrogens is 622 g/mol. The lowest BCUT2D eigenvalue weighted by molar-refractivity contribution is -0.144. The van der Waals surface area contributed by atoms with E-state index in [9.17, 15) is 9.59 Å². The molecule has 3 aromatic rings. The normalized spacial score (nSPS) is 18.1. The highest BCUT2D eigenvalue weighted by molar-refractivity contribution is 5.99. The molecule has 1 aromatic heterocycles. The van der Waals surface area contributed by atoms with Crippen LogP contribution in [0, 0.1) is 5.92 Å². The number of ether oxygens (including phenoxy) is 6. The van der Waals surface area contributed by atoms with Gasteiger partial charge in [0.1, 0.15) is 30.8 Å². The van der Waals surface area contributed by atoms with Crippen LogP contribution in [0.5, 0.6) is 17.5 Å². The molecule has 15 nitrogen and oxygen atoms in total. The fraction of sp³-hybridized carbons (Fsp3) is 0.485. The zero-order valence-electron chi connectivity index (χ0n) is 27.3. The molecule has 2 aromatic carbocycles. The van der Waals surface area contributed by atoms with Gasteiger partial charge in [-0.05, 0) is 56.1 Å². The van der Waals surface area contributed by atoms with Gasteiger partial charge in [0.05, 0.1) is 45.7 Å². The SMILES string of the molecule is CCOc1nc2nc(n1)Nc1ccc(C(=O)NC(C(=O)OC)C3CCCNC3)c(c1)OCCOCCOCCOc1ccc(cc1)CN2. The number of hydrogen-bond acceptors (Lipinski definition) is 14. The van der Waals surface area contributed by atoms with Crippen molar-refractivity contribution >= 4 is 29.5 Å². The largest absolute Gasteiger partial charge is 0.491 e. The predicted octanol–water partition coefficient (Wildman–Crippen LogP) is 2.70. The predicted molar refractivity (Wildman–Crippen MR) is 176 cm³/mol. The number of nitrogens with one attached hydrogen (secondary N) is 4. The van der Waals surface area contributed by atoms with Gasteiger partial charge in [0.15, 0.2) is 0 Å². The molecule has 1 saturated heterocycles. The summed E-state index contributed by atoms with van der Waals surface area (Å²) in [5.74, 6) is 0.474. The Morgan fingerprint density at radius 3 is 2.44 bits per heavy atom. The first kappa shape index (κ1) is 34.6. The van der Waals surface area contributed by atoms with E-state index < -0.39 is 17.9 Å². The number of aromatic nitrogens is 3. The Kier molecular flexibility index (Phi) is 13.0. The molecule has 3 aliphatic heterocycles. The van der Waals surface area contributed by atoms with Crippen molar-refractivity contribution in [3.63, 3.8) is 0 Å². The highest BCUT2D eigenvalue weighted by Crippen LogP contribution is 2.27. The van der Waals surface area contributed by atoms with Crippen molar-refractivity contribution < 1.29 is 38.0 Å². The van der Waals surface area contributed by atoms with Crippen molar-refractivity contribution in [3.05, 3.63) is 53.6 Å². The van der Waals surface area contributed by atoms with Crippen LogP contribution in [0.4, 0.5) is 17.6 Å². The van der Waals surface area contributed by atoms with Gasteiger partial charge in [-0.3, -0.25) is 4.79 Å². The van der Waals surface area contributed by atoms with E-state index in [1.54, 1.807) is 18.2 Å². The van der Waals surface area contributed by atoms with Crippen LogP contribution in [0.2, 0.25) is 0 Å². The molecule has 4 N–H and O–H groups in total. The number of esters is 1. The van der Waals surface area contributed by atoms with Crippen LogP contribution >= 0.6 is 0 Å². The number of hydrogen-bond donors (Lipinski definition) is 4. The van der Waals surface area contributed by atoms with Crippen molar-refractivity contribution in [1.29, 1.82) is 0 Å². The highest BCUT2D eigenvalue weighted by atomic mass is 16.6. The molecule has 2 unspecified atom stereocenters. The summed E-state index contributed by atoms with van der Waals surface area (Å²) in [5.41, 5.74) is 1.78. The minimum atomic E-state index is -0.815. The molecule has 0 radical (unpaired) electrons. The van der Waals surface area contributed by atoms with E-state index >= 15 is 0 Å². The second-order valence-corrected chi connectivity index (χ2v) is 11.0. The third-order valence-electron chi connectivity index (χ3n) is 7.65. The summed E-state index contributed by atoms with van der Waals surface area (Å²) >= 11 is 0. The van der Waals surface area contributed by atoms with Crippen LogP contribution in [0.3, 0.4) is 0 Å². The minimum absolute atomic E-state index is 0.105. The van der Waals surface area contributed by atoms with E-state index in [2.05, 4.69) is 36.2 Å². The number of carbonyl (C=O) groups excluding carboxylic acids is 2. The summed E-state index contributed by atoms with van der Waals surface area (Å²) in [7, 11) is 1.32. The zero-order chi connectivity index (χ0) is 33.6. The van der Waals surface area contributed by atoms with E-state index in [4.69, 9.17) is 28.4 Å². The van der Waals surface area contributed by atoms with Gasteiger partial charge >= 0.3 is 12.0 Å². The van der Waals surface area contributed by atoms with Crippen LogP contribution in [0.15, 0.2) is 42.5 Å². The summed E-state index contributed by atoms with van der Waals surface area (Å²) in [5, 5.41) is 12.6. The summed E-state index contributed by atoms with van der Waals surface area (Å²) < 4.78 is 33.8. The molecular formula is C33H43N7O8. The fourth-order valence-corrected chi connectivity index (χ4v) is 5.24. The van der Waals surface area contributed by atoms with Gasteiger partial charge in [-0.1, -0.05) is 12.1 Å². The molecule has 258 valence electrons. The fourth-order valence-electron chi connectivity index (χ4n) is 5.24. The number of nitrogens with zero attached hydrogens (tertiary/aromatic N) is 3. The lowest BCUT2D eigenvalue weighted by Gasteiger charge is -2.29. The third-order valence-corrected chi connectivity index (χ3v) is 7.65. The topological polar surface area (TPSA) is 176 Å². The maximum Gasteiger partial charge on any atom is 0.328 e. The zero-order valence-corrected chi connectivity index (χ0v) is 27.3. The van der Waals surface area contributed by atoms with Crippen LogP contribution in [0.1, 0.15) is 35.7 Å². The summed E-state index contributed by atoms with van der Waals surface area (Å²) in [6.07, 6.45) is 1.68. The first-order chi connectivity index (χ1) is 23.5. The lowest BCUT2D eigenvalue weighted by Crippen LogP contribution is -2.51. The molecule has 1 amide bonds. The average Bonchev–Trinajstić information content (AvgIpc) is 3.10. The van der Waals surface area contributed by atoms with Gasteiger partial charge in [0.25, 0.3) is 5.91 Å². The molecule has 2 atom stereocenters. The van der Waals surface area contributed by atoms with Gasteiger partial charge in [-0.15, -0.1) is 0 Å². The van der Waals surface area contributed by atoms with E-state index in [1.165, 1.54) is 7.11 Å². The van der Waals surface area contributed by atoms with E-state index in [-0.39, 0.29) is 42.4 Å². The van der Waals surface area contributed by atoms with E-state index in [0.717, 1.165) is 30.7 Å².